The van der Waals surface area contributed by atoms with Crippen molar-refractivity contribution < 1.29 is 18.3 Å². The van der Waals surface area contributed by atoms with Crippen molar-refractivity contribution in [1.29, 1.82) is 0 Å². The zero-order valence-electron chi connectivity index (χ0n) is 11.6. The molecule has 0 fully saturated rings. The van der Waals surface area contributed by atoms with E-state index in [1.165, 1.54) is 4.31 Å². The average molecular weight is 300 g/mol. The molecule has 0 atom stereocenters. The molecule has 0 unspecified atom stereocenters. The zero-order valence-corrected chi connectivity index (χ0v) is 12.4. The van der Waals surface area contributed by atoms with Crippen LogP contribution in [0.5, 0.6) is 0 Å². The third kappa shape index (κ3) is 5.18. The Hall–Kier alpha value is -1.60. The lowest BCUT2D eigenvalue weighted by Gasteiger charge is -2.25. The molecule has 0 radical (unpaired) electrons. The maximum absolute atomic E-state index is 12.3. The third-order valence-electron chi connectivity index (χ3n) is 2.47. The van der Waals surface area contributed by atoms with Gasteiger partial charge < -0.3 is 5.11 Å². The predicted octanol–water partition coefficient (Wildman–Crippen LogP) is 1.60. The minimum atomic E-state index is -3.68. The molecule has 0 bridgehead atoms. The zero-order chi connectivity index (χ0) is 15.2. The van der Waals surface area contributed by atoms with Crippen LogP contribution < -0.4 is 9.03 Å². The first-order chi connectivity index (χ1) is 9.33. The van der Waals surface area contributed by atoms with Crippen LogP contribution >= 0.6 is 0 Å². The summed E-state index contributed by atoms with van der Waals surface area (Å²) >= 11 is 0. The van der Waals surface area contributed by atoms with Crippen LogP contribution in [-0.4, -0.2) is 32.1 Å². The van der Waals surface area contributed by atoms with Gasteiger partial charge in [0.1, 0.15) is 0 Å². The van der Waals surface area contributed by atoms with Crippen LogP contribution in [0.1, 0.15) is 26.7 Å². The number of nitrogens with one attached hydrogen (secondary N) is 1. The summed E-state index contributed by atoms with van der Waals surface area (Å²) in [5.74, 6) is -0.938. The van der Waals surface area contributed by atoms with Gasteiger partial charge in [0.2, 0.25) is 0 Å². The fraction of sp³-hybridized carbons (Fsp3) is 0.462. The number of hydrogen-bond acceptors (Lipinski definition) is 3. The van der Waals surface area contributed by atoms with Crippen LogP contribution in [-0.2, 0) is 15.0 Å². The Kier molecular flexibility index (Phi) is 5.97. The Morgan fingerprint density at radius 1 is 1.30 bits per heavy atom. The summed E-state index contributed by atoms with van der Waals surface area (Å²) in [6.45, 7) is 3.59. The lowest BCUT2D eigenvalue weighted by Crippen LogP contribution is -2.44. The van der Waals surface area contributed by atoms with Crippen molar-refractivity contribution >= 4 is 21.9 Å². The lowest BCUT2D eigenvalue weighted by atomic mass is 10.3. The molecule has 112 valence electrons. The van der Waals surface area contributed by atoms with Gasteiger partial charge in [-0.3, -0.25) is 9.10 Å². The van der Waals surface area contributed by atoms with Gasteiger partial charge in [-0.2, -0.15) is 13.1 Å². The van der Waals surface area contributed by atoms with Crippen molar-refractivity contribution in [1.82, 2.24) is 4.72 Å². The maximum atomic E-state index is 12.3. The minimum absolute atomic E-state index is 0.0689. The first-order valence-electron chi connectivity index (χ1n) is 6.40. The summed E-state index contributed by atoms with van der Waals surface area (Å²) in [4.78, 5) is 10.6. The van der Waals surface area contributed by atoms with Gasteiger partial charge in [-0.15, -0.1) is 0 Å². The molecule has 1 aromatic carbocycles. The molecule has 1 rings (SSSR count). The van der Waals surface area contributed by atoms with Crippen molar-refractivity contribution in [3.8, 4) is 0 Å². The number of nitrogens with zero attached hydrogens (tertiary/aromatic N) is 1. The molecular formula is C13H20N2O4S. The van der Waals surface area contributed by atoms with Gasteiger partial charge in [-0.05, 0) is 32.4 Å². The molecule has 6 nitrogen and oxygen atoms in total. The maximum Gasteiger partial charge on any atom is 0.303 e. The Labute approximate surface area is 119 Å². The number of carbonyl (C=O) groups is 1. The van der Waals surface area contributed by atoms with Crippen LogP contribution in [0.25, 0.3) is 0 Å². The Morgan fingerprint density at radius 3 is 2.40 bits per heavy atom. The molecule has 7 heteroatoms. The summed E-state index contributed by atoms with van der Waals surface area (Å²) in [7, 11) is -3.68. The Balaban J connectivity index is 2.93. The predicted molar refractivity (Wildman–Crippen MR) is 77.8 cm³/mol. The highest BCUT2D eigenvalue weighted by molar-refractivity contribution is 7.90. The standard InChI is InChI=1S/C13H20N2O4S/c1-11(2)14-20(18,19)15(10-6-9-13(16)17)12-7-4-3-5-8-12/h3-5,7-8,11,14H,6,9-10H2,1-2H3,(H,16,17). The van der Waals surface area contributed by atoms with Crippen LogP contribution in [0.2, 0.25) is 0 Å². The van der Waals surface area contributed by atoms with E-state index < -0.39 is 16.2 Å². The van der Waals surface area contributed by atoms with Gasteiger partial charge in [-0.25, -0.2) is 0 Å². The molecule has 0 aliphatic heterocycles. The number of anilines is 1. The highest BCUT2D eigenvalue weighted by atomic mass is 32.2. The smallest absolute Gasteiger partial charge is 0.303 e. The lowest BCUT2D eigenvalue weighted by molar-refractivity contribution is -0.137. The molecule has 0 aromatic heterocycles. The normalized spacial score (nSPS) is 11.6. The van der Waals surface area contributed by atoms with E-state index in [4.69, 9.17) is 5.11 Å². The summed E-state index contributed by atoms with van der Waals surface area (Å²) in [5.41, 5.74) is 0.519. The van der Waals surface area contributed by atoms with Crippen LogP contribution in [0.15, 0.2) is 30.3 Å². The first kappa shape index (κ1) is 16.5. The molecule has 0 aliphatic rings. The fourth-order valence-electron chi connectivity index (χ4n) is 1.72. The van der Waals surface area contributed by atoms with Crippen molar-refractivity contribution in [2.24, 2.45) is 0 Å². The monoisotopic (exact) mass is 300 g/mol. The van der Waals surface area contributed by atoms with Gasteiger partial charge in [0, 0.05) is 19.0 Å². The number of carboxylic acid groups (broad SMARTS) is 1. The summed E-state index contributed by atoms with van der Waals surface area (Å²) in [5, 5.41) is 8.66. The quantitative estimate of drug-likeness (QED) is 0.763. The largest absolute Gasteiger partial charge is 0.481 e. The number of rotatable bonds is 8. The van der Waals surface area contributed by atoms with Crippen LogP contribution in [0.4, 0.5) is 5.69 Å². The molecule has 0 amide bonds. The van der Waals surface area contributed by atoms with Crippen molar-refractivity contribution in [2.75, 3.05) is 10.8 Å². The number of hydrogen-bond donors (Lipinski definition) is 2. The highest BCUT2D eigenvalue weighted by Crippen LogP contribution is 2.17. The van der Waals surface area contributed by atoms with E-state index in [2.05, 4.69) is 4.72 Å². The van der Waals surface area contributed by atoms with Gasteiger partial charge in [0.15, 0.2) is 0 Å². The number of carboxylic acids is 1. The molecule has 1 aromatic rings. The van der Waals surface area contributed by atoms with Crippen molar-refractivity contribution in [2.45, 2.75) is 32.7 Å². The number of benzene rings is 1. The van der Waals surface area contributed by atoms with Crippen LogP contribution in [0, 0.1) is 0 Å². The Morgan fingerprint density at radius 2 is 1.90 bits per heavy atom. The molecular weight excluding hydrogens is 280 g/mol. The van der Waals surface area contributed by atoms with Gasteiger partial charge >= 0.3 is 16.2 Å². The molecule has 2 N–H and O–H groups in total. The second-order valence-electron chi connectivity index (χ2n) is 4.68. The van der Waals surface area contributed by atoms with E-state index in [-0.39, 0.29) is 25.4 Å². The van der Waals surface area contributed by atoms with Crippen molar-refractivity contribution in [3.63, 3.8) is 0 Å². The number of aliphatic carboxylic acids is 1. The van der Waals surface area contributed by atoms with E-state index >= 15 is 0 Å². The second-order valence-corrected chi connectivity index (χ2v) is 6.31. The van der Waals surface area contributed by atoms with E-state index in [1.54, 1.807) is 44.2 Å². The molecule has 0 spiro atoms. The van der Waals surface area contributed by atoms with E-state index in [0.717, 1.165) is 0 Å². The van der Waals surface area contributed by atoms with Gasteiger partial charge in [-0.1, -0.05) is 18.2 Å². The molecule has 20 heavy (non-hydrogen) atoms. The molecule has 0 heterocycles. The second kappa shape index (κ2) is 7.25. The van der Waals surface area contributed by atoms with Gasteiger partial charge in [0.05, 0.1) is 5.69 Å². The average Bonchev–Trinajstić information content (AvgIpc) is 2.33. The fourth-order valence-corrected chi connectivity index (χ4v) is 3.21. The van der Waals surface area contributed by atoms with E-state index in [0.29, 0.717) is 5.69 Å². The van der Waals surface area contributed by atoms with E-state index in [1.807, 2.05) is 0 Å². The molecule has 0 saturated heterocycles. The van der Waals surface area contributed by atoms with Crippen molar-refractivity contribution in [3.05, 3.63) is 30.3 Å². The number of para-hydroxylation sites is 1. The molecule has 0 aliphatic carbocycles. The first-order valence-corrected chi connectivity index (χ1v) is 7.84. The highest BCUT2D eigenvalue weighted by Gasteiger charge is 2.22. The van der Waals surface area contributed by atoms with Crippen LogP contribution in [0.3, 0.4) is 0 Å². The Bertz CT molecular complexity index is 529. The van der Waals surface area contributed by atoms with E-state index in [9.17, 15) is 13.2 Å². The van der Waals surface area contributed by atoms with Gasteiger partial charge in [0.25, 0.3) is 0 Å². The minimum Gasteiger partial charge on any atom is -0.481 e. The topological polar surface area (TPSA) is 86.7 Å². The summed E-state index contributed by atoms with van der Waals surface area (Å²) < 4.78 is 28.3. The SMILES string of the molecule is CC(C)NS(=O)(=O)N(CCCC(=O)O)c1ccccc1. The third-order valence-corrected chi connectivity index (χ3v) is 4.21. The summed E-state index contributed by atoms with van der Waals surface area (Å²) in [6.07, 6.45) is 0.184. The summed E-state index contributed by atoms with van der Waals surface area (Å²) in [6, 6.07) is 8.40. The molecule has 0 saturated carbocycles.